The van der Waals surface area contributed by atoms with E-state index in [1.165, 1.54) is 32.4 Å². The Bertz CT molecular complexity index is 379. The van der Waals surface area contributed by atoms with Gasteiger partial charge in [0, 0.05) is 24.8 Å². The zero-order valence-corrected chi connectivity index (χ0v) is 9.39. The van der Waals surface area contributed by atoms with E-state index in [4.69, 9.17) is 5.73 Å². The van der Waals surface area contributed by atoms with Crippen molar-refractivity contribution >= 4 is 11.4 Å². The normalized spacial score (nSPS) is 29.2. The van der Waals surface area contributed by atoms with Crippen LogP contribution in [0.3, 0.4) is 0 Å². The molecule has 0 aliphatic carbocycles. The van der Waals surface area contributed by atoms with Gasteiger partial charge in [-0.25, -0.2) is 0 Å². The highest BCUT2D eigenvalue weighted by molar-refractivity contribution is 5.64. The first-order chi connectivity index (χ1) is 7.84. The van der Waals surface area contributed by atoms with Gasteiger partial charge in [-0.1, -0.05) is 0 Å². The lowest BCUT2D eigenvalue weighted by molar-refractivity contribution is 0.318. The number of fused-ring (bicyclic) bond motifs is 1. The molecular weight excluding hydrogens is 200 g/mol. The zero-order valence-electron chi connectivity index (χ0n) is 9.39. The van der Waals surface area contributed by atoms with E-state index in [2.05, 4.69) is 15.2 Å². The predicted octanol–water partition coefficient (Wildman–Crippen LogP) is 1.31. The lowest BCUT2D eigenvalue weighted by atomic mass is 10.1. The summed E-state index contributed by atoms with van der Waals surface area (Å²) in [7, 11) is 0. The number of anilines is 2. The molecule has 0 saturated carbocycles. The van der Waals surface area contributed by atoms with Crippen LogP contribution in [0.2, 0.25) is 0 Å². The Morgan fingerprint density at radius 1 is 1.38 bits per heavy atom. The van der Waals surface area contributed by atoms with Crippen molar-refractivity contribution < 1.29 is 0 Å². The molecule has 2 aliphatic rings. The minimum Gasteiger partial charge on any atom is -0.396 e. The molecule has 0 radical (unpaired) electrons. The molecule has 4 nitrogen and oxygen atoms in total. The third-order valence-corrected chi connectivity index (χ3v) is 3.80. The fourth-order valence-electron chi connectivity index (χ4n) is 2.99. The Morgan fingerprint density at radius 3 is 3.19 bits per heavy atom. The Labute approximate surface area is 95.8 Å². The number of nitrogen functional groups attached to an aromatic ring is 1. The summed E-state index contributed by atoms with van der Waals surface area (Å²) in [5, 5.41) is 3.57. The van der Waals surface area contributed by atoms with E-state index < -0.39 is 0 Å². The molecule has 1 aromatic heterocycles. The van der Waals surface area contributed by atoms with E-state index in [-0.39, 0.29) is 0 Å². The van der Waals surface area contributed by atoms with Crippen molar-refractivity contribution in [3.05, 3.63) is 18.5 Å². The molecule has 2 fully saturated rings. The summed E-state index contributed by atoms with van der Waals surface area (Å²) in [6, 6.07) is 3.24. The first kappa shape index (κ1) is 9.90. The summed E-state index contributed by atoms with van der Waals surface area (Å²) >= 11 is 0. The number of hydrogen-bond acceptors (Lipinski definition) is 4. The molecule has 86 valence electrons. The molecule has 2 unspecified atom stereocenters. The SMILES string of the molecule is Nc1cnccc1NC1CCN2CCCC12. The largest absolute Gasteiger partial charge is 0.396 e. The minimum absolute atomic E-state index is 0.562. The second-order valence-electron chi connectivity index (χ2n) is 4.75. The number of pyridine rings is 1. The van der Waals surface area contributed by atoms with Gasteiger partial charge >= 0.3 is 0 Å². The van der Waals surface area contributed by atoms with Gasteiger partial charge in [-0.3, -0.25) is 9.88 Å². The topological polar surface area (TPSA) is 54.2 Å². The molecule has 16 heavy (non-hydrogen) atoms. The second kappa shape index (κ2) is 3.94. The van der Waals surface area contributed by atoms with E-state index in [1.807, 2.05) is 6.07 Å². The van der Waals surface area contributed by atoms with Crippen LogP contribution in [0.15, 0.2) is 18.5 Å². The quantitative estimate of drug-likeness (QED) is 0.786. The van der Waals surface area contributed by atoms with Gasteiger partial charge in [0.05, 0.1) is 17.6 Å². The maximum Gasteiger partial charge on any atom is 0.0736 e. The first-order valence-corrected chi connectivity index (χ1v) is 6.04. The van der Waals surface area contributed by atoms with Crippen LogP contribution < -0.4 is 11.1 Å². The van der Waals surface area contributed by atoms with E-state index in [1.54, 1.807) is 12.4 Å². The number of nitrogens with zero attached hydrogens (tertiary/aromatic N) is 2. The fraction of sp³-hybridized carbons (Fsp3) is 0.583. The van der Waals surface area contributed by atoms with Crippen molar-refractivity contribution in [1.29, 1.82) is 0 Å². The summed E-state index contributed by atoms with van der Waals surface area (Å²) in [5.41, 5.74) is 7.68. The van der Waals surface area contributed by atoms with Crippen molar-refractivity contribution in [2.75, 3.05) is 24.1 Å². The van der Waals surface area contributed by atoms with Crippen molar-refractivity contribution in [3.63, 3.8) is 0 Å². The Balaban J connectivity index is 1.73. The molecule has 3 heterocycles. The van der Waals surface area contributed by atoms with E-state index in [0.29, 0.717) is 12.1 Å². The maximum absolute atomic E-state index is 5.90. The summed E-state index contributed by atoms with van der Waals surface area (Å²) in [6.07, 6.45) is 7.40. The lowest BCUT2D eigenvalue weighted by Gasteiger charge is -2.22. The van der Waals surface area contributed by atoms with Gasteiger partial charge in [0.1, 0.15) is 0 Å². The van der Waals surface area contributed by atoms with Gasteiger partial charge in [0.2, 0.25) is 0 Å². The van der Waals surface area contributed by atoms with Crippen LogP contribution in [0.4, 0.5) is 11.4 Å². The highest BCUT2D eigenvalue weighted by Gasteiger charge is 2.37. The second-order valence-corrected chi connectivity index (χ2v) is 4.75. The zero-order chi connectivity index (χ0) is 11.0. The van der Waals surface area contributed by atoms with Crippen molar-refractivity contribution in [2.24, 2.45) is 0 Å². The maximum atomic E-state index is 5.90. The van der Waals surface area contributed by atoms with Crippen molar-refractivity contribution in [1.82, 2.24) is 9.88 Å². The predicted molar refractivity (Wildman–Crippen MR) is 65.3 cm³/mol. The molecule has 2 aliphatic heterocycles. The third kappa shape index (κ3) is 1.63. The number of nitrogens with two attached hydrogens (primary N) is 1. The molecule has 0 aromatic carbocycles. The molecule has 4 heteroatoms. The molecule has 3 N–H and O–H groups in total. The molecule has 0 amide bonds. The van der Waals surface area contributed by atoms with E-state index in [9.17, 15) is 0 Å². The van der Waals surface area contributed by atoms with Crippen molar-refractivity contribution in [2.45, 2.75) is 31.3 Å². The number of aromatic nitrogens is 1. The highest BCUT2D eigenvalue weighted by Crippen LogP contribution is 2.31. The molecule has 1 aromatic rings. The monoisotopic (exact) mass is 218 g/mol. The molecule has 0 bridgehead atoms. The van der Waals surface area contributed by atoms with Gasteiger partial charge in [-0.15, -0.1) is 0 Å². The van der Waals surface area contributed by atoms with Gasteiger partial charge in [0.25, 0.3) is 0 Å². The average molecular weight is 218 g/mol. The Kier molecular flexibility index (Phi) is 2.44. The van der Waals surface area contributed by atoms with Crippen LogP contribution >= 0.6 is 0 Å². The lowest BCUT2D eigenvalue weighted by Crippen LogP contribution is -2.33. The molecule has 3 rings (SSSR count). The molecule has 2 atom stereocenters. The van der Waals surface area contributed by atoms with Gasteiger partial charge in [0.15, 0.2) is 0 Å². The minimum atomic E-state index is 0.562. The van der Waals surface area contributed by atoms with Gasteiger partial charge < -0.3 is 11.1 Å². The van der Waals surface area contributed by atoms with Crippen LogP contribution in [0, 0.1) is 0 Å². The highest BCUT2D eigenvalue weighted by atomic mass is 15.2. The van der Waals surface area contributed by atoms with Crippen molar-refractivity contribution in [3.8, 4) is 0 Å². The van der Waals surface area contributed by atoms with Gasteiger partial charge in [-0.2, -0.15) is 0 Å². The Morgan fingerprint density at radius 2 is 2.31 bits per heavy atom. The molecule has 0 spiro atoms. The van der Waals surface area contributed by atoms with Crippen LogP contribution in [-0.2, 0) is 0 Å². The van der Waals surface area contributed by atoms with Crippen LogP contribution in [0.1, 0.15) is 19.3 Å². The standard InChI is InChI=1S/C12H18N4/c13-9-8-14-5-3-10(9)15-11-4-7-16-6-1-2-12(11)16/h3,5,8,11-12H,1-2,4,6-7,13H2,(H,14,15). The fourth-order valence-corrected chi connectivity index (χ4v) is 2.99. The summed E-state index contributed by atoms with van der Waals surface area (Å²) in [5.74, 6) is 0. The Hall–Kier alpha value is -1.29. The van der Waals surface area contributed by atoms with E-state index in [0.717, 1.165) is 11.4 Å². The molecular formula is C12H18N4. The van der Waals surface area contributed by atoms with E-state index >= 15 is 0 Å². The summed E-state index contributed by atoms with van der Waals surface area (Å²) in [4.78, 5) is 6.60. The average Bonchev–Trinajstić information content (AvgIpc) is 2.86. The van der Waals surface area contributed by atoms with Crippen LogP contribution in [0.5, 0.6) is 0 Å². The number of nitrogens with one attached hydrogen (secondary N) is 1. The smallest absolute Gasteiger partial charge is 0.0736 e. The third-order valence-electron chi connectivity index (χ3n) is 3.80. The van der Waals surface area contributed by atoms with Crippen LogP contribution in [0.25, 0.3) is 0 Å². The summed E-state index contributed by atoms with van der Waals surface area (Å²) in [6.45, 7) is 2.50. The first-order valence-electron chi connectivity index (χ1n) is 6.04. The molecule has 2 saturated heterocycles. The number of rotatable bonds is 2. The summed E-state index contributed by atoms with van der Waals surface area (Å²) < 4.78 is 0. The van der Waals surface area contributed by atoms with Crippen LogP contribution in [-0.4, -0.2) is 35.1 Å². The van der Waals surface area contributed by atoms with Gasteiger partial charge in [-0.05, 0) is 31.9 Å². The number of hydrogen-bond donors (Lipinski definition) is 2.